The number of benzene rings is 1. The Morgan fingerprint density at radius 2 is 1.93 bits per heavy atom. The van der Waals surface area contributed by atoms with Crippen LogP contribution in [0.1, 0.15) is 0 Å². The Balaban J connectivity index is 3.44. The van der Waals surface area contributed by atoms with Gasteiger partial charge in [0.2, 0.25) is 0 Å². The van der Waals surface area contributed by atoms with Crippen LogP contribution in [-0.4, -0.2) is 13.0 Å². The van der Waals surface area contributed by atoms with Crippen LogP contribution in [0.25, 0.3) is 0 Å². The van der Waals surface area contributed by atoms with Crippen molar-refractivity contribution < 1.29 is 4.92 Å². The van der Waals surface area contributed by atoms with E-state index in [2.05, 4.69) is 35.6 Å². The zero-order valence-corrected chi connectivity index (χ0v) is 11.0. The molecule has 1 rings (SSSR count). The molecule has 0 aliphatic heterocycles. The molecule has 0 spiro atoms. The van der Waals surface area contributed by atoms with E-state index in [9.17, 15) is 10.1 Å². The average Bonchev–Trinajstić information content (AvgIpc) is 2.01. The van der Waals surface area contributed by atoms with Gasteiger partial charge in [0.1, 0.15) is 0 Å². The zero-order valence-electron chi connectivity index (χ0n) is 8.37. The standard InChI is InChI=1S/C9H12BrNO2Si/c1-14(2,3)8-6-4-5-7(10)9(8)11(12)13/h4-6H,1-3H3. The van der Waals surface area contributed by atoms with Crippen molar-refractivity contribution in [1.82, 2.24) is 0 Å². The highest BCUT2D eigenvalue weighted by molar-refractivity contribution is 9.10. The first kappa shape index (κ1) is 11.4. The van der Waals surface area contributed by atoms with E-state index >= 15 is 0 Å². The van der Waals surface area contributed by atoms with Crippen LogP contribution in [0.2, 0.25) is 19.6 Å². The maximum absolute atomic E-state index is 10.9. The molecule has 0 N–H and O–H groups in total. The number of halogens is 1. The van der Waals surface area contributed by atoms with E-state index in [1.807, 2.05) is 12.1 Å². The first-order chi connectivity index (χ1) is 6.34. The summed E-state index contributed by atoms with van der Waals surface area (Å²) in [6.45, 7) is 6.30. The van der Waals surface area contributed by atoms with Crippen molar-refractivity contribution in [3.05, 3.63) is 32.8 Å². The van der Waals surface area contributed by atoms with Gasteiger partial charge in [-0.1, -0.05) is 31.8 Å². The van der Waals surface area contributed by atoms with Gasteiger partial charge in [0.05, 0.1) is 17.5 Å². The summed E-state index contributed by atoms with van der Waals surface area (Å²) in [6, 6.07) is 5.42. The molecule has 0 aliphatic rings. The smallest absolute Gasteiger partial charge is 0.258 e. The first-order valence-electron chi connectivity index (χ1n) is 4.27. The summed E-state index contributed by atoms with van der Waals surface area (Å²) < 4.78 is 0.572. The average molecular weight is 274 g/mol. The second kappa shape index (κ2) is 3.82. The second-order valence-corrected chi connectivity index (χ2v) is 10.0. The highest BCUT2D eigenvalue weighted by Gasteiger charge is 2.28. The third-order valence-corrected chi connectivity index (χ3v) is 4.64. The molecule has 0 radical (unpaired) electrons. The fraction of sp³-hybridized carbons (Fsp3) is 0.333. The van der Waals surface area contributed by atoms with E-state index in [4.69, 9.17) is 0 Å². The number of nitrogens with zero attached hydrogens (tertiary/aromatic N) is 1. The fourth-order valence-electron chi connectivity index (χ4n) is 1.31. The zero-order chi connectivity index (χ0) is 10.9. The fourth-order valence-corrected chi connectivity index (χ4v) is 3.53. The summed E-state index contributed by atoms with van der Waals surface area (Å²) in [5.74, 6) is 0. The Kier molecular flexibility index (Phi) is 3.11. The Bertz CT molecular complexity index is 374. The quantitative estimate of drug-likeness (QED) is 0.473. The largest absolute Gasteiger partial charge is 0.282 e. The SMILES string of the molecule is C[Si](C)(C)c1cccc(Br)c1[N+](=O)[O-]. The van der Waals surface area contributed by atoms with Crippen molar-refractivity contribution in [2.24, 2.45) is 0 Å². The van der Waals surface area contributed by atoms with Crippen LogP contribution in [0.4, 0.5) is 5.69 Å². The van der Waals surface area contributed by atoms with Crippen LogP contribution >= 0.6 is 15.9 Å². The lowest BCUT2D eigenvalue weighted by Crippen LogP contribution is -2.39. The number of hydrogen-bond acceptors (Lipinski definition) is 2. The molecular formula is C9H12BrNO2Si. The third-order valence-electron chi connectivity index (χ3n) is 1.98. The summed E-state index contributed by atoms with van der Waals surface area (Å²) in [4.78, 5) is 10.6. The molecule has 0 saturated heterocycles. The van der Waals surface area contributed by atoms with Gasteiger partial charge in [0.25, 0.3) is 5.69 Å². The molecule has 1 aromatic carbocycles. The van der Waals surface area contributed by atoms with Gasteiger partial charge in [-0.25, -0.2) is 0 Å². The molecule has 5 heteroatoms. The summed E-state index contributed by atoms with van der Waals surface area (Å²) >= 11 is 3.22. The first-order valence-corrected chi connectivity index (χ1v) is 8.56. The van der Waals surface area contributed by atoms with Gasteiger partial charge >= 0.3 is 0 Å². The lowest BCUT2D eigenvalue weighted by molar-refractivity contribution is -0.384. The van der Waals surface area contributed by atoms with Crippen LogP contribution in [0.15, 0.2) is 22.7 Å². The minimum Gasteiger partial charge on any atom is -0.258 e. The van der Waals surface area contributed by atoms with Crippen LogP contribution < -0.4 is 5.19 Å². The Hall–Kier alpha value is -0.683. The third kappa shape index (κ3) is 2.22. The highest BCUT2D eigenvalue weighted by atomic mass is 79.9. The number of para-hydroxylation sites is 1. The molecule has 0 heterocycles. The molecule has 76 valence electrons. The van der Waals surface area contributed by atoms with Crippen molar-refractivity contribution in [1.29, 1.82) is 0 Å². The number of nitro groups is 1. The molecule has 0 saturated carbocycles. The van der Waals surface area contributed by atoms with E-state index in [-0.39, 0.29) is 10.6 Å². The second-order valence-electron chi connectivity index (χ2n) is 4.14. The lowest BCUT2D eigenvalue weighted by atomic mass is 10.3. The number of hydrogen-bond donors (Lipinski definition) is 0. The molecule has 0 aliphatic carbocycles. The summed E-state index contributed by atoms with van der Waals surface area (Å²) in [7, 11) is -1.64. The molecule has 1 aromatic rings. The van der Waals surface area contributed by atoms with Gasteiger partial charge in [0, 0.05) is 5.19 Å². The van der Waals surface area contributed by atoms with Gasteiger partial charge in [-0.15, -0.1) is 0 Å². The molecule has 0 atom stereocenters. The normalized spacial score (nSPS) is 11.4. The Morgan fingerprint density at radius 3 is 2.29 bits per heavy atom. The monoisotopic (exact) mass is 273 g/mol. The number of rotatable bonds is 2. The van der Waals surface area contributed by atoms with E-state index in [0.717, 1.165) is 5.19 Å². The predicted octanol–water partition coefficient (Wildman–Crippen LogP) is 2.90. The van der Waals surface area contributed by atoms with Gasteiger partial charge in [-0.05, 0) is 22.0 Å². The molecule has 0 bridgehead atoms. The minimum absolute atomic E-state index is 0.228. The predicted molar refractivity (Wildman–Crippen MR) is 63.8 cm³/mol. The van der Waals surface area contributed by atoms with Crippen LogP contribution in [0.3, 0.4) is 0 Å². The maximum atomic E-state index is 10.9. The molecule has 0 fully saturated rings. The van der Waals surface area contributed by atoms with Gasteiger partial charge in [-0.2, -0.15) is 0 Å². The van der Waals surface area contributed by atoms with Crippen LogP contribution in [-0.2, 0) is 0 Å². The van der Waals surface area contributed by atoms with Crippen molar-refractivity contribution in [2.75, 3.05) is 0 Å². The molecular weight excluding hydrogens is 262 g/mol. The molecule has 3 nitrogen and oxygen atoms in total. The van der Waals surface area contributed by atoms with Gasteiger partial charge < -0.3 is 0 Å². The molecule has 0 aromatic heterocycles. The van der Waals surface area contributed by atoms with Crippen molar-refractivity contribution >= 4 is 34.9 Å². The van der Waals surface area contributed by atoms with Gasteiger partial charge in [0.15, 0.2) is 0 Å². The van der Waals surface area contributed by atoms with Crippen molar-refractivity contribution in [3.8, 4) is 0 Å². The van der Waals surface area contributed by atoms with E-state index in [1.165, 1.54) is 0 Å². The molecule has 0 unspecified atom stereocenters. The van der Waals surface area contributed by atoms with Crippen LogP contribution in [0, 0.1) is 10.1 Å². The summed E-state index contributed by atoms with van der Waals surface area (Å²) in [5.41, 5.74) is 0.228. The minimum atomic E-state index is -1.64. The van der Waals surface area contributed by atoms with Gasteiger partial charge in [-0.3, -0.25) is 10.1 Å². The van der Waals surface area contributed by atoms with E-state index in [1.54, 1.807) is 6.07 Å². The molecule has 14 heavy (non-hydrogen) atoms. The Morgan fingerprint density at radius 1 is 1.36 bits per heavy atom. The summed E-state index contributed by atoms with van der Waals surface area (Å²) in [5, 5.41) is 11.8. The lowest BCUT2D eigenvalue weighted by Gasteiger charge is -2.16. The van der Waals surface area contributed by atoms with E-state index < -0.39 is 8.07 Å². The van der Waals surface area contributed by atoms with Crippen molar-refractivity contribution in [3.63, 3.8) is 0 Å². The Labute approximate surface area is 92.4 Å². The topological polar surface area (TPSA) is 43.1 Å². The number of nitro benzene ring substituents is 1. The highest BCUT2D eigenvalue weighted by Crippen LogP contribution is 2.24. The maximum Gasteiger partial charge on any atom is 0.282 e. The van der Waals surface area contributed by atoms with Crippen molar-refractivity contribution in [2.45, 2.75) is 19.6 Å². The van der Waals surface area contributed by atoms with Crippen LogP contribution in [0.5, 0.6) is 0 Å². The van der Waals surface area contributed by atoms with E-state index in [0.29, 0.717) is 4.47 Å². The summed E-state index contributed by atoms with van der Waals surface area (Å²) in [6.07, 6.45) is 0. The molecule has 0 amide bonds.